The number of carbonyl (C=O) groups is 1. The van der Waals surface area contributed by atoms with Crippen molar-refractivity contribution in [2.24, 2.45) is 17.4 Å². The van der Waals surface area contributed by atoms with Crippen LogP contribution in [0.5, 0.6) is 0 Å². The lowest BCUT2D eigenvalue weighted by atomic mass is 10.1. The smallest absolute Gasteiger partial charge is 0.222 e. The fourth-order valence-electron chi connectivity index (χ4n) is 1.92. The number of thiocarbonyl (C=S) groups is 1. The van der Waals surface area contributed by atoms with Gasteiger partial charge in [-0.1, -0.05) is 12.2 Å². The molecule has 1 aliphatic rings. The van der Waals surface area contributed by atoms with Crippen LogP contribution in [0.4, 0.5) is 5.82 Å². The van der Waals surface area contributed by atoms with E-state index in [9.17, 15) is 4.79 Å². The minimum absolute atomic E-state index is 0.142. The molecule has 2 rings (SSSR count). The van der Waals surface area contributed by atoms with Crippen molar-refractivity contribution in [2.75, 3.05) is 18.0 Å². The van der Waals surface area contributed by atoms with Gasteiger partial charge in [0.05, 0.1) is 5.92 Å². The van der Waals surface area contributed by atoms with Crippen molar-refractivity contribution in [1.82, 2.24) is 9.97 Å². The van der Waals surface area contributed by atoms with Gasteiger partial charge in [-0.25, -0.2) is 9.97 Å². The summed E-state index contributed by atoms with van der Waals surface area (Å²) in [4.78, 5) is 21.6. The maximum absolute atomic E-state index is 11.1. The van der Waals surface area contributed by atoms with Crippen LogP contribution in [0.15, 0.2) is 12.4 Å². The van der Waals surface area contributed by atoms with Gasteiger partial charge in [-0.3, -0.25) is 4.79 Å². The topological polar surface area (TPSA) is 98.1 Å². The van der Waals surface area contributed by atoms with Gasteiger partial charge in [0.2, 0.25) is 5.91 Å². The Labute approximate surface area is 104 Å². The molecule has 0 aromatic carbocycles. The quantitative estimate of drug-likeness (QED) is 0.698. The van der Waals surface area contributed by atoms with Gasteiger partial charge in [0.15, 0.2) is 5.82 Å². The van der Waals surface area contributed by atoms with Gasteiger partial charge in [-0.05, 0) is 6.42 Å². The van der Waals surface area contributed by atoms with Crippen molar-refractivity contribution in [3.05, 3.63) is 18.1 Å². The Morgan fingerprint density at radius 2 is 2.12 bits per heavy atom. The van der Waals surface area contributed by atoms with Gasteiger partial charge in [0.25, 0.3) is 0 Å². The molecule has 6 nitrogen and oxygen atoms in total. The number of hydrogen-bond donors (Lipinski definition) is 2. The van der Waals surface area contributed by atoms with Crippen molar-refractivity contribution in [1.29, 1.82) is 0 Å². The van der Waals surface area contributed by atoms with Crippen LogP contribution in [0.25, 0.3) is 0 Å². The van der Waals surface area contributed by atoms with Gasteiger partial charge < -0.3 is 16.4 Å². The number of amides is 1. The van der Waals surface area contributed by atoms with E-state index in [0.717, 1.165) is 6.42 Å². The molecule has 17 heavy (non-hydrogen) atoms. The summed E-state index contributed by atoms with van der Waals surface area (Å²) in [6, 6.07) is 0. The molecule has 1 atom stereocenters. The molecule has 0 spiro atoms. The molecule has 2 heterocycles. The number of hydrogen-bond acceptors (Lipinski definition) is 5. The van der Waals surface area contributed by atoms with Gasteiger partial charge in [0.1, 0.15) is 10.7 Å². The lowest BCUT2D eigenvalue weighted by Crippen LogP contribution is -2.29. The Morgan fingerprint density at radius 1 is 1.41 bits per heavy atom. The first-order valence-corrected chi connectivity index (χ1v) is 5.65. The summed E-state index contributed by atoms with van der Waals surface area (Å²) in [5.74, 6) is 0.202. The predicted molar refractivity (Wildman–Crippen MR) is 67.4 cm³/mol. The molecule has 0 saturated carbocycles. The molecule has 7 heteroatoms. The summed E-state index contributed by atoms with van der Waals surface area (Å²) in [5, 5.41) is 0. The zero-order valence-corrected chi connectivity index (χ0v) is 9.98. The molecule has 1 fully saturated rings. The van der Waals surface area contributed by atoms with E-state index in [0.29, 0.717) is 24.6 Å². The molecule has 90 valence electrons. The highest BCUT2D eigenvalue weighted by molar-refractivity contribution is 7.80. The second-order valence-electron chi connectivity index (χ2n) is 3.93. The van der Waals surface area contributed by atoms with E-state index in [-0.39, 0.29) is 16.8 Å². The number of nitrogens with zero attached hydrogens (tertiary/aromatic N) is 3. The van der Waals surface area contributed by atoms with Gasteiger partial charge >= 0.3 is 0 Å². The lowest BCUT2D eigenvalue weighted by molar-refractivity contribution is -0.121. The molecule has 1 aromatic heterocycles. The molecule has 1 amide bonds. The highest BCUT2D eigenvalue weighted by atomic mass is 32.1. The maximum atomic E-state index is 11.1. The minimum atomic E-state index is -0.284. The van der Waals surface area contributed by atoms with E-state index in [1.807, 2.05) is 4.90 Å². The lowest BCUT2D eigenvalue weighted by Gasteiger charge is -2.18. The Morgan fingerprint density at radius 3 is 2.71 bits per heavy atom. The van der Waals surface area contributed by atoms with Gasteiger partial charge in [0, 0.05) is 25.5 Å². The van der Waals surface area contributed by atoms with Gasteiger partial charge in [-0.15, -0.1) is 0 Å². The van der Waals surface area contributed by atoms with E-state index in [1.54, 1.807) is 12.4 Å². The fraction of sp³-hybridized carbons (Fsp3) is 0.400. The van der Waals surface area contributed by atoms with E-state index in [2.05, 4.69) is 9.97 Å². The summed E-state index contributed by atoms with van der Waals surface area (Å²) in [5.41, 5.74) is 11.4. The third kappa shape index (κ3) is 2.33. The van der Waals surface area contributed by atoms with E-state index >= 15 is 0 Å². The van der Waals surface area contributed by atoms with Crippen LogP contribution in [0, 0.1) is 5.92 Å². The van der Waals surface area contributed by atoms with Crippen LogP contribution in [0.2, 0.25) is 0 Å². The molecule has 4 N–H and O–H groups in total. The summed E-state index contributed by atoms with van der Waals surface area (Å²) < 4.78 is 0. The molecule has 1 saturated heterocycles. The van der Waals surface area contributed by atoms with Crippen LogP contribution >= 0.6 is 12.2 Å². The average molecular weight is 251 g/mol. The number of nitrogens with two attached hydrogens (primary N) is 2. The molecular weight excluding hydrogens is 238 g/mol. The van der Waals surface area contributed by atoms with Gasteiger partial charge in [-0.2, -0.15) is 0 Å². The van der Waals surface area contributed by atoms with Crippen LogP contribution < -0.4 is 16.4 Å². The largest absolute Gasteiger partial charge is 0.388 e. The van der Waals surface area contributed by atoms with Crippen LogP contribution in [-0.4, -0.2) is 34.0 Å². The van der Waals surface area contributed by atoms with E-state index in [1.165, 1.54) is 0 Å². The summed E-state index contributed by atoms with van der Waals surface area (Å²) in [6.07, 6.45) is 3.84. The molecule has 1 unspecified atom stereocenters. The van der Waals surface area contributed by atoms with Crippen molar-refractivity contribution in [3.8, 4) is 0 Å². The second kappa shape index (κ2) is 4.62. The number of aromatic nitrogens is 2. The molecular formula is C10H13N5OS. The summed E-state index contributed by atoms with van der Waals surface area (Å²) >= 11 is 4.92. The van der Waals surface area contributed by atoms with Crippen molar-refractivity contribution < 1.29 is 4.79 Å². The summed E-state index contributed by atoms with van der Waals surface area (Å²) in [6.45, 7) is 1.26. The van der Waals surface area contributed by atoms with E-state index in [4.69, 9.17) is 23.7 Å². The Kier molecular flexibility index (Phi) is 3.19. The van der Waals surface area contributed by atoms with Crippen LogP contribution in [0.3, 0.4) is 0 Å². The fourth-order valence-corrected chi connectivity index (χ4v) is 2.06. The predicted octanol–water partition coefficient (Wildman–Crippen LogP) is -0.578. The molecule has 0 bridgehead atoms. The molecule has 0 aliphatic carbocycles. The third-order valence-electron chi connectivity index (χ3n) is 2.80. The normalized spacial score (nSPS) is 19.3. The summed E-state index contributed by atoms with van der Waals surface area (Å²) in [7, 11) is 0. The average Bonchev–Trinajstić information content (AvgIpc) is 2.78. The Balaban J connectivity index is 2.24. The Bertz CT molecular complexity index is 464. The standard InChI is InChI=1S/C10H13N5OS/c11-8(16)6-1-4-15(5-6)10-7(9(12)17)13-2-3-14-10/h2-3,6H,1,4-5H2,(H2,11,16)(H2,12,17). The number of carbonyl (C=O) groups excluding carboxylic acids is 1. The van der Waals surface area contributed by atoms with Crippen molar-refractivity contribution in [2.45, 2.75) is 6.42 Å². The van der Waals surface area contributed by atoms with Crippen LogP contribution in [-0.2, 0) is 4.79 Å². The zero-order valence-electron chi connectivity index (χ0n) is 9.17. The minimum Gasteiger partial charge on any atom is -0.388 e. The van der Waals surface area contributed by atoms with Crippen molar-refractivity contribution in [3.63, 3.8) is 0 Å². The highest BCUT2D eigenvalue weighted by Gasteiger charge is 2.29. The van der Waals surface area contributed by atoms with Crippen LogP contribution in [0.1, 0.15) is 12.1 Å². The van der Waals surface area contributed by atoms with E-state index < -0.39 is 0 Å². The maximum Gasteiger partial charge on any atom is 0.222 e. The number of primary amides is 1. The zero-order chi connectivity index (χ0) is 12.4. The first kappa shape index (κ1) is 11.7. The SMILES string of the molecule is NC(=O)C1CCN(c2nccnc2C(N)=S)C1. The highest BCUT2D eigenvalue weighted by Crippen LogP contribution is 2.23. The number of rotatable bonds is 3. The first-order chi connectivity index (χ1) is 8.09. The third-order valence-corrected chi connectivity index (χ3v) is 3.00. The molecule has 1 aromatic rings. The Hall–Kier alpha value is -1.76. The second-order valence-corrected chi connectivity index (χ2v) is 4.37. The molecule has 1 aliphatic heterocycles. The molecule has 0 radical (unpaired) electrons. The number of anilines is 1. The first-order valence-electron chi connectivity index (χ1n) is 5.24. The monoisotopic (exact) mass is 251 g/mol. The van der Waals surface area contributed by atoms with Crippen molar-refractivity contribution >= 4 is 28.9 Å².